The van der Waals surface area contributed by atoms with Crippen molar-refractivity contribution in [3.8, 4) is 0 Å². The van der Waals surface area contributed by atoms with Crippen LogP contribution in [0.25, 0.3) is 0 Å². The van der Waals surface area contributed by atoms with E-state index in [1.54, 1.807) is 6.33 Å². The van der Waals surface area contributed by atoms with Gasteiger partial charge in [0.1, 0.15) is 12.2 Å². The van der Waals surface area contributed by atoms with Gasteiger partial charge in [-0.15, -0.1) is 0 Å². The third-order valence-corrected chi connectivity index (χ3v) is 4.41. The number of hydrogen-bond donors (Lipinski definition) is 1. The highest BCUT2D eigenvalue weighted by molar-refractivity contribution is 5.07. The Morgan fingerprint density at radius 2 is 2.29 bits per heavy atom. The molecule has 1 N–H and O–H groups in total. The fourth-order valence-corrected chi connectivity index (χ4v) is 3.21. The van der Waals surface area contributed by atoms with E-state index in [-0.39, 0.29) is 0 Å². The van der Waals surface area contributed by atoms with Gasteiger partial charge in [0.05, 0.1) is 0 Å². The molecule has 2 heterocycles. The first kappa shape index (κ1) is 11.2. The van der Waals surface area contributed by atoms with Crippen molar-refractivity contribution in [2.24, 2.45) is 13.0 Å². The van der Waals surface area contributed by atoms with Crippen LogP contribution in [0.2, 0.25) is 0 Å². The van der Waals surface area contributed by atoms with Gasteiger partial charge in [0, 0.05) is 19.0 Å². The molecule has 94 valence electrons. The van der Waals surface area contributed by atoms with Crippen LogP contribution in [0, 0.1) is 5.92 Å². The van der Waals surface area contributed by atoms with Crippen LogP contribution in [0.3, 0.4) is 0 Å². The molecule has 17 heavy (non-hydrogen) atoms. The summed E-state index contributed by atoms with van der Waals surface area (Å²) in [6.45, 7) is 1.17. The summed E-state index contributed by atoms with van der Waals surface area (Å²) in [4.78, 5) is 4.41. The largest absolute Gasteiger partial charge is 0.311 e. The fourth-order valence-electron chi connectivity index (χ4n) is 3.21. The molecule has 2 aliphatic rings. The van der Waals surface area contributed by atoms with Crippen LogP contribution in [-0.2, 0) is 13.5 Å². The Hall–Kier alpha value is -0.900. The number of nitrogens with one attached hydrogen (secondary N) is 1. The molecular formula is C13H22N4. The van der Waals surface area contributed by atoms with Gasteiger partial charge in [0.2, 0.25) is 0 Å². The van der Waals surface area contributed by atoms with Crippen molar-refractivity contribution in [2.45, 2.75) is 50.5 Å². The van der Waals surface area contributed by atoms with Crippen LogP contribution in [0.15, 0.2) is 6.33 Å². The number of aryl methyl sites for hydroxylation is 1. The van der Waals surface area contributed by atoms with Crippen LogP contribution in [-0.4, -0.2) is 26.8 Å². The molecule has 0 aromatic carbocycles. The Morgan fingerprint density at radius 3 is 3.00 bits per heavy atom. The van der Waals surface area contributed by atoms with E-state index in [9.17, 15) is 0 Å². The average molecular weight is 234 g/mol. The Labute approximate surface area is 103 Å². The van der Waals surface area contributed by atoms with Crippen LogP contribution in [0.5, 0.6) is 0 Å². The van der Waals surface area contributed by atoms with Gasteiger partial charge >= 0.3 is 0 Å². The maximum atomic E-state index is 4.41. The molecule has 4 heteroatoms. The summed E-state index contributed by atoms with van der Waals surface area (Å²) in [5.41, 5.74) is 0.317. The van der Waals surface area contributed by atoms with Crippen LogP contribution in [0.1, 0.15) is 44.3 Å². The molecule has 1 aromatic heterocycles. The maximum Gasteiger partial charge on any atom is 0.138 e. The van der Waals surface area contributed by atoms with E-state index in [1.807, 2.05) is 11.7 Å². The van der Waals surface area contributed by atoms with Crippen molar-refractivity contribution < 1.29 is 0 Å². The molecule has 0 bridgehead atoms. The molecule has 0 spiro atoms. The van der Waals surface area contributed by atoms with Crippen molar-refractivity contribution in [2.75, 3.05) is 6.54 Å². The predicted octanol–water partition coefficient (Wildman–Crippen LogP) is 1.67. The second kappa shape index (κ2) is 4.41. The Morgan fingerprint density at radius 1 is 1.41 bits per heavy atom. The molecule has 3 rings (SSSR count). The van der Waals surface area contributed by atoms with Crippen molar-refractivity contribution in [3.05, 3.63) is 12.2 Å². The van der Waals surface area contributed by atoms with Gasteiger partial charge in [-0.3, -0.25) is 4.68 Å². The Kier molecular flexibility index (Phi) is 2.90. The van der Waals surface area contributed by atoms with E-state index < -0.39 is 0 Å². The molecule has 1 aliphatic carbocycles. The van der Waals surface area contributed by atoms with Gasteiger partial charge in [-0.25, -0.2) is 4.98 Å². The second-order valence-electron chi connectivity index (χ2n) is 5.64. The third-order valence-electron chi connectivity index (χ3n) is 4.41. The molecule has 0 amide bonds. The van der Waals surface area contributed by atoms with Gasteiger partial charge in [0.15, 0.2) is 0 Å². The molecule has 4 nitrogen and oxygen atoms in total. The summed E-state index contributed by atoms with van der Waals surface area (Å²) in [6, 6.07) is 0. The molecule has 1 atom stereocenters. The van der Waals surface area contributed by atoms with E-state index in [1.165, 1.54) is 45.1 Å². The maximum absolute atomic E-state index is 4.41. The first-order valence-electron chi connectivity index (χ1n) is 6.88. The number of hydrogen-bond acceptors (Lipinski definition) is 3. The Bertz CT molecular complexity index is 373. The lowest BCUT2D eigenvalue weighted by Gasteiger charge is -2.34. The van der Waals surface area contributed by atoms with Crippen LogP contribution in [0.4, 0.5) is 0 Å². The van der Waals surface area contributed by atoms with E-state index >= 15 is 0 Å². The lowest BCUT2D eigenvalue weighted by Crippen LogP contribution is -2.49. The molecule has 1 aromatic rings. The highest BCUT2D eigenvalue weighted by Crippen LogP contribution is 2.44. The molecule has 0 radical (unpaired) electrons. The van der Waals surface area contributed by atoms with E-state index in [0.29, 0.717) is 5.54 Å². The van der Waals surface area contributed by atoms with Crippen molar-refractivity contribution in [3.63, 3.8) is 0 Å². The fraction of sp³-hybridized carbons (Fsp3) is 0.846. The minimum Gasteiger partial charge on any atom is -0.311 e. The molecule has 2 fully saturated rings. The lowest BCUT2D eigenvalue weighted by molar-refractivity contribution is 0.263. The summed E-state index contributed by atoms with van der Waals surface area (Å²) < 4.78 is 1.93. The van der Waals surface area contributed by atoms with Gasteiger partial charge in [-0.2, -0.15) is 5.10 Å². The zero-order valence-corrected chi connectivity index (χ0v) is 10.7. The zero-order valence-electron chi connectivity index (χ0n) is 10.7. The van der Waals surface area contributed by atoms with Crippen molar-refractivity contribution in [1.29, 1.82) is 0 Å². The van der Waals surface area contributed by atoms with Gasteiger partial charge in [-0.1, -0.05) is 12.8 Å². The summed E-state index contributed by atoms with van der Waals surface area (Å²) in [5.74, 6) is 2.00. The first-order chi connectivity index (χ1) is 8.30. The molecule has 1 unspecified atom stereocenters. The standard InChI is InChI=1S/C13H22N4/c1-17-12(14-10-16-17)9-13(11-5-6-11)7-3-2-4-8-15-13/h10-11,15H,2-9H2,1H3. The van der Waals surface area contributed by atoms with E-state index in [4.69, 9.17) is 0 Å². The summed E-state index contributed by atoms with van der Waals surface area (Å²) in [6.07, 6.45) is 10.9. The minimum absolute atomic E-state index is 0.317. The number of aromatic nitrogens is 3. The van der Waals surface area contributed by atoms with E-state index in [2.05, 4.69) is 15.4 Å². The van der Waals surface area contributed by atoms with Gasteiger partial charge < -0.3 is 5.32 Å². The smallest absolute Gasteiger partial charge is 0.138 e. The molecule has 1 saturated heterocycles. The van der Waals surface area contributed by atoms with Gasteiger partial charge in [-0.05, 0) is 38.1 Å². The van der Waals surface area contributed by atoms with Gasteiger partial charge in [0.25, 0.3) is 0 Å². The predicted molar refractivity (Wildman–Crippen MR) is 66.6 cm³/mol. The normalized spacial score (nSPS) is 30.2. The zero-order chi connectivity index (χ0) is 11.7. The topological polar surface area (TPSA) is 42.7 Å². The molecule has 1 aliphatic heterocycles. The van der Waals surface area contributed by atoms with Crippen LogP contribution >= 0.6 is 0 Å². The summed E-state index contributed by atoms with van der Waals surface area (Å²) >= 11 is 0. The molecule has 1 saturated carbocycles. The van der Waals surface area contributed by atoms with Crippen LogP contribution < -0.4 is 5.32 Å². The SMILES string of the molecule is Cn1ncnc1CC1(C2CC2)CCCCCN1. The number of nitrogens with zero attached hydrogens (tertiary/aromatic N) is 3. The second-order valence-corrected chi connectivity index (χ2v) is 5.64. The van der Waals surface area contributed by atoms with E-state index in [0.717, 1.165) is 18.2 Å². The third kappa shape index (κ3) is 2.23. The highest BCUT2D eigenvalue weighted by Gasteiger charge is 2.45. The Balaban J connectivity index is 1.81. The highest BCUT2D eigenvalue weighted by atomic mass is 15.3. The number of rotatable bonds is 3. The minimum atomic E-state index is 0.317. The summed E-state index contributed by atoms with van der Waals surface area (Å²) in [7, 11) is 2.00. The monoisotopic (exact) mass is 234 g/mol. The first-order valence-corrected chi connectivity index (χ1v) is 6.88. The lowest BCUT2D eigenvalue weighted by atomic mass is 9.84. The van der Waals surface area contributed by atoms with Crippen molar-refractivity contribution in [1.82, 2.24) is 20.1 Å². The van der Waals surface area contributed by atoms with Crippen molar-refractivity contribution >= 4 is 0 Å². The average Bonchev–Trinajstić information content (AvgIpc) is 3.11. The quantitative estimate of drug-likeness (QED) is 0.865. The summed E-state index contributed by atoms with van der Waals surface area (Å²) in [5, 5.41) is 8.04. The molecular weight excluding hydrogens is 212 g/mol.